The Bertz CT molecular complexity index is 521. The van der Waals surface area contributed by atoms with E-state index < -0.39 is 18.3 Å². The number of allylic oxidation sites excluding steroid dienone is 2. The maximum absolute atomic E-state index is 12.2. The predicted molar refractivity (Wildman–Crippen MR) is 106 cm³/mol. The number of hydrogen-bond acceptors (Lipinski definition) is 5. The van der Waals surface area contributed by atoms with Crippen LogP contribution in [0.2, 0.25) is 0 Å². The molecule has 1 fully saturated rings. The average molecular weight is 381 g/mol. The van der Waals surface area contributed by atoms with Crippen molar-refractivity contribution in [2.75, 3.05) is 6.61 Å². The number of Topliss-reactive ketones (excluding diaryl/α,β-unsaturated/α-hetero) is 2. The first kappa shape index (κ1) is 23.7. The highest BCUT2D eigenvalue weighted by Crippen LogP contribution is 2.33. The number of unbranched alkanes of at least 4 members (excludes halogenated alkanes) is 2. The van der Waals surface area contributed by atoms with Crippen molar-refractivity contribution in [2.45, 2.75) is 83.3 Å². The molecular formula is C22H36O5. The molecule has 1 rings (SSSR count). The molecule has 0 aromatic rings. The molecule has 0 aromatic heterocycles. The zero-order valence-electron chi connectivity index (χ0n) is 16.8. The molecule has 5 nitrogen and oxygen atoms in total. The second-order valence-corrected chi connectivity index (χ2v) is 7.95. The molecule has 0 radical (unpaired) electrons. The Morgan fingerprint density at radius 1 is 1.26 bits per heavy atom. The minimum absolute atomic E-state index is 0.0787. The molecule has 5 heteroatoms. The molecule has 0 amide bonds. The highest BCUT2D eigenvalue weighted by Gasteiger charge is 2.39. The number of aliphatic hydroxyl groups is 3. The van der Waals surface area contributed by atoms with E-state index in [1.807, 2.05) is 31.2 Å². The molecule has 27 heavy (non-hydrogen) atoms. The van der Waals surface area contributed by atoms with Gasteiger partial charge in [-0.3, -0.25) is 9.59 Å². The van der Waals surface area contributed by atoms with Crippen LogP contribution >= 0.6 is 0 Å². The van der Waals surface area contributed by atoms with E-state index in [4.69, 9.17) is 5.11 Å². The van der Waals surface area contributed by atoms with Gasteiger partial charge in [0.25, 0.3) is 0 Å². The second kappa shape index (κ2) is 12.2. The fourth-order valence-corrected chi connectivity index (χ4v) is 3.52. The molecule has 1 aliphatic carbocycles. The molecule has 0 bridgehead atoms. The minimum Gasteiger partial charge on any atom is -0.392 e. The van der Waals surface area contributed by atoms with Crippen LogP contribution in [0.5, 0.6) is 0 Å². The fraction of sp³-hybridized carbons (Fsp3) is 0.727. The third-order valence-corrected chi connectivity index (χ3v) is 5.28. The van der Waals surface area contributed by atoms with E-state index in [1.165, 1.54) is 0 Å². The van der Waals surface area contributed by atoms with Crippen LogP contribution in [0, 0.1) is 11.8 Å². The summed E-state index contributed by atoms with van der Waals surface area (Å²) in [5.74, 6) is -0.514. The van der Waals surface area contributed by atoms with Crippen molar-refractivity contribution < 1.29 is 24.9 Å². The molecule has 3 N–H and O–H groups in total. The summed E-state index contributed by atoms with van der Waals surface area (Å²) in [6, 6.07) is 0. The summed E-state index contributed by atoms with van der Waals surface area (Å²) < 4.78 is 0. The maximum atomic E-state index is 12.2. The van der Waals surface area contributed by atoms with Crippen molar-refractivity contribution >= 4 is 11.6 Å². The van der Waals surface area contributed by atoms with Crippen LogP contribution in [0.1, 0.15) is 71.6 Å². The summed E-state index contributed by atoms with van der Waals surface area (Å²) in [6.45, 7) is 3.51. The largest absolute Gasteiger partial charge is 0.392 e. The summed E-state index contributed by atoms with van der Waals surface area (Å²) in [6.07, 6.45) is 12.9. The van der Waals surface area contributed by atoms with Gasteiger partial charge in [0.05, 0.1) is 11.7 Å². The SMILES string of the molecule is CCCCC(C)(O)C/C=C/[C@H]1[C@H](O)CC(=O)[C@@H]1C/C=C\CCCC(=O)CO. The van der Waals surface area contributed by atoms with Gasteiger partial charge in [-0.1, -0.05) is 44.1 Å². The molecule has 1 unspecified atom stereocenters. The molecule has 154 valence electrons. The molecule has 1 saturated carbocycles. The smallest absolute Gasteiger partial charge is 0.158 e. The van der Waals surface area contributed by atoms with Crippen molar-refractivity contribution in [1.29, 1.82) is 0 Å². The number of carbonyl (C=O) groups excluding carboxylic acids is 2. The lowest BCUT2D eigenvalue weighted by Gasteiger charge is -2.22. The molecule has 0 heterocycles. The summed E-state index contributed by atoms with van der Waals surface area (Å²) in [5.41, 5.74) is -0.749. The highest BCUT2D eigenvalue weighted by molar-refractivity contribution is 5.84. The quantitative estimate of drug-likeness (QED) is 0.337. The van der Waals surface area contributed by atoms with E-state index in [0.29, 0.717) is 25.7 Å². The maximum Gasteiger partial charge on any atom is 0.158 e. The third-order valence-electron chi connectivity index (χ3n) is 5.28. The van der Waals surface area contributed by atoms with Crippen LogP contribution in [0.3, 0.4) is 0 Å². The van der Waals surface area contributed by atoms with Crippen LogP contribution in [0.4, 0.5) is 0 Å². The van der Waals surface area contributed by atoms with Gasteiger partial charge in [0.1, 0.15) is 12.4 Å². The first-order valence-corrected chi connectivity index (χ1v) is 10.2. The number of ketones is 2. The number of carbonyl (C=O) groups is 2. The lowest BCUT2D eigenvalue weighted by molar-refractivity contribution is -0.122. The summed E-state index contributed by atoms with van der Waals surface area (Å²) >= 11 is 0. The van der Waals surface area contributed by atoms with Gasteiger partial charge < -0.3 is 15.3 Å². The van der Waals surface area contributed by atoms with Gasteiger partial charge >= 0.3 is 0 Å². The van der Waals surface area contributed by atoms with Gasteiger partial charge in [0.15, 0.2) is 5.78 Å². The van der Waals surface area contributed by atoms with E-state index in [0.717, 1.165) is 25.7 Å². The molecule has 0 aromatic carbocycles. The molecule has 0 spiro atoms. The monoisotopic (exact) mass is 380 g/mol. The molecule has 1 aliphatic rings. The van der Waals surface area contributed by atoms with E-state index in [-0.39, 0.29) is 29.8 Å². The van der Waals surface area contributed by atoms with Crippen molar-refractivity contribution in [3.05, 3.63) is 24.3 Å². The Labute approximate surface area is 163 Å². The Balaban J connectivity index is 2.51. The molecule has 0 aliphatic heterocycles. The molecular weight excluding hydrogens is 344 g/mol. The van der Waals surface area contributed by atoms with E-state index in [9.17, 15) is 19.8 Å². The first-order valence-electron chi connectivity index (χ1n) is 10.2. The van der Waals surface area contributed by atoms with E-state index in [1.54, 1.807) is 0 Å². The fourth-order valence-electron chi connectivity index (χ4n) is 3.52. The Kier molecular flexibility index (Phi) is 10.7. The zero-order valence-corrected chi connectivity index (χ0v) is 16.8. The highest BCUT2D eigenvalue weighted by atomic mass is 16.3. The van der Waals surface area contributed by atoms with Crippen LogP contribution in [0.25, 0.3) is 0 Å². The van der Waals surface area contributed by atoms with Crippen molar-refractivity contribution in [1.82, 2.24) is 0 Å². The van der Waals surface area contributed by atoms with E-state index in [2.05, 4.69) is 6.92 Å². The Hall–Kier alpha value is -1.30. The molecule has 0 saturated heterocycles. The van der Waals surface area contributed by atoms with Crippen molar-refractivity contribution in [3.8, 4) is 0 Å². The third kappa shape index (κ3) is 8.96. The standard InChI is InChI=1S/C22H36O5/c1-3-4-13-22(2,27)14-9-12-19-18(20(25)15-21(19)26)11-8-6-5-7-10-17(24)16-23/h6,8-9,12,18-19,21,23,26-27H,3-5,7,10-11,13-16H2,1-2H3/b8-6-,12-9+/t18-,19-,21-,22?/m1/s1. The topological polar surface area (TPSA) is 94.8 Å². The Morgan fingerprint density at radius 2 is 2.00 bits per heavy atom. The van der Waals surface area contributed by atoms with Crippen LogP contribution < -0.4 is 0 Å². The average Bonchev–Trinajstić information content (AvgIpc) is 2.89. The van der Waals surface area contributed by atoms with E-state index >= 15 is 0 Å². The Morgan fingerprint density at radius 3 is 2.67 bits per heavy atom. The van der Waals surface area contributed by atoms with Crippen LogP contribution in [0.15, 0.2) is 24.3 Å². The summed E-state index contributed by atoms with van der Waals surface area (Å²) in [7, 11) is 0. The summed E-state index contributed by atoms with van der Waals surface area (Å²) in [5, 5.41) is 29.2. The zero-order chi connectivity index (χ0) is 20.3. The van der Waals surface area contributed by atoms with Crippen LogP contribution in [-0.2, 0) is 9.59 Å². The predicted octanol–water partition coefficient (Wildman–Crippen LogP) is 3.12. The van der Waals surface area contributed by atoms with Gasteiger partial charge in [-0.15, -0.1) is 0 Å². The van der Waals surface area contributed by atoms with Gasteiger partial charge in [-0.25, -0.2) is 0 Å². The number of rotatable bonds is 13. The van der Waals surface area contributed by atoms with Crippen LogP contribution in [-0.4, -0.2) is 45.2 Å². The van der Waals surface area contributed by atoms with Gasteiger partial charge in [0.2, 0.25) is 0 Å². The summed E-state index contributed by atoms with van der Waals surface area (Å²) in [4.78, 5) is 23.2. The van der Waals surface area contributed by atoms with Crippen molar-refractivity contribution in [3.63, 3.8) is 0 Å². The normalized spacial score (nSPS) is 25.5. The second-order valence-electron chi connectivity index (χ2n) is 7.95. The van der Waals surface area contributed by atoms with Crippen molar-refractivity contribution in [2.24, 2.45) is 11.8 Å². The lowest BCUT2D eigenvalue weighted by Crippen LogP contribution is -2.23. The number of aliphatic hydroxyl groups excluding tert-OH is 2. The van der Waals surface area contributed by atoms with Gasteiger partial charge in [-0.05, 0) is 39.0 Å². The first-order chi connectivity index (χ1) is 12.8. The minimum atomic E-state index is -0.749. The number of hydrogen-bond donors (Lipinski definition) is 3. The van der Waals surface area contributed by atoms with Gasteiger partial charge in [-0.2, -0.15) is 0 Å². The molecule has 4 atom stereocenters. The lowest BCUT2D eigenvalue weighted by atomic mass is 9.89. The van der Waals surface area contributed by atoms with Gasteiger partial charge in [0, 0.05) is 24.7 Å².